The molecular formula is C8H6SSe. The first-order chi connectivity index (χ1) is 4.97. The molecule has 0 saturated heterocycles. The van der Waals surface area contributed by atoms with Gasteiger partial charge in [-0.1, -0.05) is 0 Å². The number of thiophene rings is 1. The van der Waals surface area contributed by atoms with Crippen molar-refractivity contribution in [2.75, 3.05) is 0 Å². The summed E-state index contributed by atoms with van der Waals surface area (Å²) in [7, 11) is 0. The van der Waals surface area contributed by atoms with Crippen LogP contribution in [0.3, 0.4) is 0 Å². The first-order valence-electron chi connectivity index (χ1n) is 3.03. The maximum absolute atomic E-state index is 2.32. The number of rotatable bonds is 1. The molecule has 2 heteroatoms. The molecule has 2 aromatic heterocycles. The van der Waals surface area contributed by atoms with Gasteiger partial charge in [0.2, 0.25) is 0 Å². The summed E-state index contributed by atoms with van der Waals surface area (Å²) >= 11 is 2.43. The third kappa shape index (κ3) is 1.10. The van der Waals surface area contributed by atoms with Crippen molar-refractivity contribution in [1.82, 2.24) is 0 Å². The van der Waals surface area contributed by atoms with E-state index >= 15 is 0 Å². The average molecular weight is 213 g/mol. The molecule has 0 aliphatic rings. The quantitative estimate of drug-likeness (QED) is 0.638. The second kappa shape index (κ2) is 2.75. The predicted molar refractivity (Wildman–Crippen MR) is 46.7 cm³/mol. The van der Waals surface area contributed by atoms with Crippen molar-refractivity contribution in [1.29, 1.82) is 0 Å². The fourth-order valence-electron chi connectivity index (χ4n) is 0.847. The predicted octanol–water partition coefficient (Wildman–Crippen LogP) is 2.47. The molecule has 0 amide bonds. The third-order valence-electron chi connectivity index (χ3n) is 1.33. The van der Waals surface area contributed by atoms with Crippen LogP contribution in [0.25, 0.3) is 10.4 Å². The number of hydrogen-bond donors (Lipinski definition) is 0. The van der Waals surface area contributed by atoms with Crippen molar-refractivity contribution in [3.05, 3.63) is 33.5 Å². The Hall–Kier alpha value is -0.301. The Kier molecular flexibility index (Phi) is 1.76. The van der Waals surface area contributed by atoms with Gasteiger partial charge in [0.1, 0.15) is 0 Å². The summed E-state index contributed by atoms with van der Waals surface area (Å²) in [6, 6.07) is 6.48. The first-order valence-corrected chi connectivity index (χ1v) is 5.88. The van der Waals surface area contributed by atoms with E-state index in [0.29, 0.717) is 14.5 Å². The molecule has 2 heterocycles. The van der Waals surface area contributed by atoms with Gasteiger partial charge in [-0.3, -0.25) is 0 Å². The second-order valence-corrected chi connectivity index (χ2v) is 4.57. The summed E-state index contributed by atoms with van der Waals surface area (Å²) in [5.41, 5.74) is 1.41. The van der Waals surface area contributed by atoms with Crippen molar-refractivity contribution >= 4 is 25.8 Å². The van der Waals surface area contributed by atoms with Gasteiger partial charge in [-0.25, -0.2) is 0 Å². The molecule has 0 aliphatic heterocycles. The van der Waals surface area contributed by atoms with E-state index in [-0.39, 0.29) is 0 Å². The van der Waals surface area contributed by atoms with Gasteiger partial charge in [0.15, 0.2) is 0 Å². The van der Waals surface area contributed by atoms with E-state index in [1.54, 1.807) is 0 Å². The third-order valence-corrected chi connectivity index (χ3v) is 3.68. The van der Waals surface area contributed by atoms with Crippen LogP contribution in [0.5, 0.6) is 0 Å². The Morgan fingerprint density at radius 3 is 2.90 bits per heavy atom. The van der Waals surface area contributed by atoms with Crippen molar-refractivity contribution in [2.45, 2.75) is 0 Å². The van der Waals surface area contributed by atoms with Crippen molar-refractivity contribution < 1.29 is 0 Å². The molecule has 0 aliphatic carbocycles. The van der Waals surface area contributed by atoms with Crippen LogP contribution in [-0.2, 0) is 0 Å². The molecule has 0 atom stereocenters. The van der Waals surface area contributed by atoms with Crippen LogP contribution in [0.2, 0.25) is 0 Å². The van der Waals surface area contributed by atoms with Crippen LogP contribution in [-0.4, -0.2) is 14.5 Å². The van der Waals surface area contributed by atoms with E-state index in [1.807, 2.05) is 11.3 Å². The van der Waals surface area contributed by atoms with E-state index < -0.39 is 0 Å². The zero-order valence-electron chi connectivity index (χ0n) is 5.28. The Bertz CT molecular complexity index is 249. The van der Waals surface area contributed by atoms with Gasteiger partial charge < -0.3 is 0 Å². The molecule has 10 heavy (non-hydrogen) atoms. The van der Waals surface area contributed by atoms with Gasteiger partial charge in [0.25, 0.3) is 0 Å². The molecule has 0 spiro atoms. The number of hydrogen-bond acceptors (Lipinski definition) is 1. The molecular weight excluding hydrogens is 207 g/mol. The molecule has 2 rings (SSSR count). The Balaban J connectivity index is 2.48. The van der Waals surface area contributed by atoms with E-state index in [1.165, 1.54) is 10.4 Å². The molecule has 0 fully saturated rings. The van der Waals surface area contributed by atoms with Crippen LogP contribution < -0.4 is 0 Å². The normalized spacial score (nSPS) is 10.0. The fourth-order valence-corrected chi connectivity index (χ4v) is 3.12. The minimum absolute atomic E-state index is 0.624. The summed E-state index contributed by atoms with van der Waals surface area (Å²) in [4.78, 5) is 5.97. The van der Waals surface area contributed by atoms with Gasteiger partial charge in [-0.05, 0) is 0 Å². The monoisotopic (exact) mass is 214 g/mol. The molecule has 2 aromatic rings. The van der Waals surface area contributed by atoms with Crippen molar-refractivity contribution in [3.8, 4) is 10.4 Å². The molecule has 0 nitrogen and oxygen atoms in total. The summed E-state index contributed by atoms with van der Waals surface area (Å²) in [6.07, 6.45) is 0. The Morgan fingerprint density at radius 2 is 2.30 bits per heavy atom. The van der Waals surface area contributed by atoms with Crippen LogP contribution in [0.15, 0.2) is 33.5 Å². The van der Waals surface area contributed by atoms with Gasteiger partial charge in [0, 0.05) is 0 Å². The van der Waals surface area contributed by atoms with Crippen molar-refractivity contribution in [2.24, 2.45) is 0 Å². The molecule has 0 aromatic carbocycles. The Labute approximate surface area is 69.9 Å². The molecule has 0 saturated carbocycles. The molecule has 0 unspecified atom stereocenters. The maximum atomic E-state index is 2.32. The SMILES string of the molecule is c1csc(-c2cc[se]c2)c1. The van der Waals surface area contributed by atoms with E-state index in [2.05, 4.69) is 33.5 Å². The topological polar surface area (TPSA) is 0 Å². The first kappa shape index (κ1) is 6.41. The van der Waals surface area contributed by atoms with E-state index in [4.69, 9.17) is 0 Å². The molecule has 0 N–H and O–H groups in total. The van der Waals surface area contributed by atoms with Crippen LogP contribution >= 0.6 is 11.3 Å². The van der Waals surface area contributed by atoms with E-state index in [9.17, 15) is 0 Å². The summed E-state index contributed by atoms with van der Waals surface area (Å²) < 4.78 is 0. The zero-order chi connectivity index (χ0) is 6.81. The van der Waals surface area contributed by atoms with Crippen LogP contribution in [0.1, 0.15) is 0 Å². The average Bonchev–Trinajstić information content (AvgIpc) is 2.59. The summed E-state index contributed by atoms with van der Waals surface area (Å²) in [6.45, 7) is 0. The van der Waals surface area contributed by atoms with E-state index in [0.717, 1.165) is 0 Å². The summed E-state index contributed by atoms with van der Waals surface area (Å²) in [5.74, 6) is 0. The standard InChI is InChI=1S/C8H6SSe/c1-2-8(9-4-1)7-3-5-10-6-7/h1-6H. The molecule has 0 radical (unpaired) electrons. The van der Waals surface area contributed by atoms with Gasteiger partial charge in [-0.15, -0.1) is 0 Å². The van der Waals surface area contributed by atoms with Gasteiger partial charge in [-0.2, -0.15) is 0 Å². The zero-order valence-corrected chi connectivity index (χ0v) is 7.81. The summed E-state index contributed by atoms with van der Waals surface area (Å²) in [5, 5.41) is 2.12. The fraction of sp³-hybridized carbons (Fsp3) is 0. The van der Waals surface area contributed by atoms with Crippen LogP contribution in [0.4, 0.5) is 0 Å². The van der Waals surface area contributed by atoms with Gasteiger partial charge in [0.05, 0.1) is 0 Å². The van der Waals surface area contributed by atoms with Gasteiger partial charge >= 0.3 is 69.7 Å². The second-order valence-electron chi connectivity index (χ2n) is 1.99. The Morgan fingerprint density at radius 1 is 1.30 bits per heavy atom. The van der Waals surface area contributed by atoms with Crippen LogP contribution in [0, 0.1) is 0 Å². The minimum atomic E-state index is 0.624. The molecule has 50 valence electrons. The van der Waals surface area contributed by atoms with Crippen molar-refractivity contribution in [3.63, 3.8) is 0 Å². The molecule has 0 bridgehead atoms.